The van der Waals surface area contributed by atoms with Crippen molar-refractivity contribution in [3.05, 3.63) is 48.0 Å². The van der Waals surface area contributed by atoms with Gasteiger partial charge >= 0.3 is 6.01 Å². The summed E-state index contributed by atoms with van der Waals surface area (Å²) in [4.78, 5) is 0. The predicted molar refractivity (Wildman–Crippen MR) is 97.2 cm³/mol. The van der Waals surface area contributed by atoms with Crippen LogP contribution in [0, 0.1) is 11.6 Å². The van der Waals surface area contributed by atoms with Crippen molar-refractivity contribution in [2.45, 2.75) is 38.1 Å². The summed E-state index contributed by atoms with van der Waals surface area (Å²) in [5.41, 5.74) is 1.19. The molecule has 0 atom stereocenters. The molecule has 3 aromatic rings. The molecule has 7 heteroatoms. The molecule has 1 aliphatic rings. The zero-order valence-corrected chi connectivity index (χ0v) is 14.6. The van der Waals surface area contributed by atoms with E-state index in [9.17, 15) is 13.9 Å². The SMILES string of the molecule is Oc1ccc(-c2cc(F)cc(F)c2)cc1-c1nnc(NC2CCCCC2)o1. The van der Waals surface area contributed by atoms with Crippen LogP contribution >= 0.6 is 0 Å². The van der Waals surface area contributed by atoms with Crippen molar-refractivity contribution in [1.82, 2.24) is 10.2 Å². The first kappa shape index (κ1) is 17.5. The normalized spacial score (nSPS) is 15.0. The minimum atomic E-state index is -0.670. The number of halogens is 2. The third-order valence-electron chi connectivity index (χ3n) is 4.78. The number of hydrogen-bond acceptors (Lipinski definition) is 5. The molecule has 2 aromatic carbocycles. The highest BCUT2D eigenvalue weighted by atomic mass is 19.1. The van der Waals surface area contributed by atoms with E-state index >= 15 is 0 Å². The molecule has 1 aliphatic carbocycles. The maximum absolute atomic E-state index is 13.5. The van der Waals surface area contributed by atoms with E-state index in [4.69, 9.17) is 4.42 Å². The zero-order chi connectivity index (χ0) is 18.8. The van der Waals surface area contributed by atoms with Gasteiger partial charge in [-0.15, -0.1) is 5.10 Å². The predicted octanol–water partition coefficient (Wildman–Crippen LogP) is 5.13. The lowest BCUT2D eigenvalue weighted by Crippen LogP contribution is -2.22. The standard InChI is InChI=1S/C20H19F2N3O2/c21-14-8-13(9-15(22)11-14)12-6-7-18(26)17(10-12)19-24-25-20(27-19)23-16-4-2-1-3-5-16/h6-11,16,26H,1-5H2,(H,23,25). The number of phenolic OH excluding ortho intramolecular Hbond substituents is 1. The van der Waals surface area contributed by atoms with E-state index in [1.165, 1.54) is 37.5 Å². The molecular weight excluding hydrogens is 352 g/mol. The second kappa shape index (κ2) is 7.34. The second-order valence-electron chi connectivity index (χ2n) is 6.78. The topological polar surface area (TPSA) is 71.2 Å². The van der Waals surface area contributed by atoms with Gasteiger partial charge in [-0.2, -0.15) is 0 Å². The van der Waals surface area contributed by atoms with E-state index in [0.717, 1.165) is 18.9 Å². The molecule has 5 nitrogen and oxygen atoms in total. The van der Waals surface area contributed by atoms with E-state index < -0.39 is 11.6 Å². The first-order chi connectivity index (χ1) is 13.1. The fourth-order valence-electron chi connectivity index (χ4n) is 3.42. The van der Waals surface area contributed by atoms with Gasteiger partial charge in [0.1, 0.15) is 17.4 Å². The average molecular weight is 371 g/mol. The molecule has 1 saturated carbocycles. The molecule has 0 amide bonds. The molecule has 1 aromatic heterocycles. The van der Waals surface area contributed by atoms with Crippen LogP contribution in [0.2, 0.25) is 0 Å². The summed E-state index contributed by atoms with van der Waals surface area (Å²) >= 11 is 0. The number of hydrogen-bond donors (Lipinski definition) is 2. The number of aromatic nitrogens is 2. The zero-order valence-electron chi connectivity index (χ0n) is 14.6. The van der Waals surface area contributed by atoms with Crippen molar-refractivity contribution < 1.29 is 18.3 Å². The lowest BCUT2D eigenvalue weighted by atomic mass is 9.96. The first-order valence-electron chi connectivity index (χ1n) is 8.98. The van der Waals surface area contributed by atoms with E-state index in [1.54, 1.807) is 12.1 Å². The van der Waals surface area contributed by atoms with E-state index in [0.29, 0.717) is 28.7 Å². The fraction of sp³-hybridized carbons (Fsp3) is 0.300. The molecule has 1 heterocycles. The maximum atomic E-state index is 13.5. The highest BCUT2D eigenvalue weighted by molar-refractivity contribution is 5.73. The molecule has 0 radical (unpaired) electrons. The van der Waals surface area contributed by atoms with Gasteiger partial charge in [-0.25, -0.2) is 8.78 Å². The van der Waals surface area contributed by atoms with Crippen LogP contribution in [-0.4, -0.2) is 21.3 Å². The van der Waals surface area contributed by atoms with Crippen molar-refractivity contribution in [3.63, 3.8) is 0 Å². The third-order valence-corrected chi connectivity index (χ3v) is 4.78. The molecule has 140 valence electrons. The molecule has 0 unspecified atom stereocenters. The lowest BCUT2D eigenvalue weighted by molar-refractivity contribution is 0.448. The fourth-order valence-corrected chi connectivity index (χ4v) is 3.42. The van der Waals surface area contributed by atoms with Gasteiger partial charge in [-0.1, -0.05) is 30.4 Å². The summed E-state index contributed by atoms with van der Waals surface area (Å²) < 4.78 is 32.7. The number of aromatic hydroxyl groups is 1. The van der Waals surface area contributed by atoms with Gasteiger partial charge in [-0.05, 0) is 48.2 Å². The Morgan fingerprint density at radius 3 is 2.41 bits per heavy atom. The highest BCUT2D eigenvalue weighted by Crippen LogP contribution is 2.34. The molecular formula is C20H19F2N3O2. The Morgan fingerprint density at radius 2 is 1.67 bits per heavy atom. The first-order valence-corrected chi connectivity index (χ1v) is 8.98. The Hall–Kier alpha value is -2.96. The summed E-state index contributed by atoms with van der Waals surface area (Å²) in [6.07, 6.45) is 5.71. The van der Waals surface area contributed by atoms with Crippen molar-refractivity contribution in [2.75, 3.05) is 5.32 Å². The number of rotatable bonds is 4. The number of benzene rings is 2. The minimum absolute atomic E-state index is 0.0523. The molecule has 2 N–H and O–H groups in total. The summed E-state index contributed by atoms with van der Waals surface area (Å²) in [6, 6.07) is 8.46. The Balaban J connectivity index is 1.62. The third kappa shape index (κ3) is 3.92. The van der Waals surface area contributed by atoms with Crippen molar-refractivity contribution in [1.29, 1.82) is 0 Å². The van der Waals surface area contributed by atoms with Gasteiger partial charge in [0.25, 0.3) is 5.89 Å². The van der Waals surface area contributed by atoms with E-state index in [-0.39, 0.29) is 11.6 Å². The van der Waals surface area contributed by atoms with Gasteiger partial charge < -0.3 is 14.8 Å². The van der Waals surface area contributed by atoms with Gasteiger partial charge in [-0.3, -0.25) is 0 Å². The molecule has 0 bridgehead atoms. The summed E-state index contributed by atoms with van der Waals surface area (Å²) in [6.45, 7) is 0. The van der Waals surface area contributed by atoms with Crippen LogP contribution in [0.1, 0.15) is 32.1 Å². The Morgan fingerprint density at radius 1 is 0.926 bits per heavy atom. The molecule has 27 heavy (non-hydrogen) atoms. The van der Waals surface area contributed by atoms with Crippen molar-refractivity contribution >= 4 is 6.01 Å². The van der Waals surface area contributed by atoms with Crippen molar-refractivity contribution in [2.24, 2.45) is 0 Å². The van der Waals surface area contributed by atoms with Crippen LogP contribution in [0.25, 0.3) is 22.6 Å². The molecule has 0 spiro atoms. The van der Waals surface area contributed by atoms with Gasteiger partial charge in [0.15, 0.2) is 0 Å². The molecule has 0 saturated heterocycles. The van der Waals surface area contributed by atoms with E-state index in [1.807, 2.05) is 0 Å². The van der Waals surface area contributed by atoms with Crippen LogP contribution in [0.5, 0.6) is 5.75 Å². The number of nitrogens with one attached hydrogen (secondary N) is 1. The Labute approximate surface area is 155 Å². The van der Waals surface area contributed by atoms with Crippen molar-refractivity contribution in [3.8, 4) is 28.3 Å². The monoisotopic (exact) mass is 371 g/mol. The summed E-state index contributed by atoms with van der Waals surface area (Å²) in [5.74, 6) is -1.25. The molecule has 4 rings (SSSR count). The van der Waals surface area contributed by atoms with Crippen LogP contribution in [0.4, 0.5) is 14.8 Å². The highest BCUT2D eigenvalue weighted by Gasteiger charge is 2.18. The summed E-state index contributed by atoms with van der Waals surface area (Å²) in [7, 11) is 0. The number of anilines is 1. The lowest BCUT2D eigenvalue weighted by Gasteiger charge is -2.21. The van der Waals surface area contributed by atoms with Gasteiger partial charge in [0.2, 0.25) is 0 Å². The van der Waals surface area contributed by atoms with Crippen LogP contribution < -0.4 is 5.32 Å². The number of nitrogens with zero attached hydrogens (tertiary/aromatic N) is 2. The quantitative estimate of drug-likeness (QED) is 0.665. The number of phenols is 1. The van der Waals surface area contributed by atoms with Crippen LogP contribution in [0.3, 0.4) is 0 Å². The smallest absolute Gasteiger partial charge is 0.315 e. The second-order valence-corrected chi connectivity index (χ2v) is 6.78. The van der Waals surface area contributed by atoms with Crippen LogP contribution in [0.15, 0.2) is 40.8 Å². The Kier molecular flexibility index (Phi) is 4.75. The summed E-state index contributed by atoms with van der Waals surface area (Å²) in [5, 5.41) is 21.4. The van der Waals surface area contributed by atoms with E-state index in [2.05, 4.69) is 15.5 Å². The minimum Gasteiger partial charge on any atom is -0.507 e. The maximum Gasteiger partial charge on any atom is 0.315 e. The van der Waals surface area contributed by atoms with Gasteiger partial charge in [0, 0.05) is 12.1 Å². The van der Waals surface area contributed by atoms with Crippen LogP contribution in [-0.2, 0) is 0 Å². The van der Waals surface area contributed by atoms with Gasteiger partial charge in [0.05, 0.1) is 5.56 Å². The largest absolute Gasteiger partial charge is 0.507 e. The molecule has 1 fully saturated rings. The Bertz CT molecular complexity index is 932. The molecule has 0 aliphatic heterocycles. The average Bonchev–Trinajstić information content (AvgIpc) is 3.10.